The Labute approximate surface area is 91.6 Å². The van der Waals surface area contributed by atoms with Gasteiger partial charge in [-0.05, 0) is 17.5 Å². The van der Waals surface area contributed by atoms with E-state index in [0.29, 0.717) is 11.8 Å². The maximum Gasteiger partial charge on any atom is 0.0533 e. The molecular formula is C13H19NO. The number of benzene rings is 1. The summed E-state index contributed by atoms with van der Waals surface area (Å²) < 4.78 is 5.16. The second kappa shape index (κ2) is 4.67. The van der Waals surface area contributed by atoms with E-state index in [9.17, 15) is 0 Å². The average Bonchev–Trinajstić information content (AvgIpc) is 2.16. The fourth-order valence-corrected chi connectivity index (χ4v) is 1.82. The molecule has 0 spiro atoms. The predicted molar refractivity (Wildman–Crippen MR) is 63.3 cm³/mol. The van der Waals surface area contributed by atoms with Crippen LogP contribution in [0.4, 0.5) is 5.69 Å². The van der Waals surface area contributed by atoms with E-state index in [4.69, 9.17) is 4.74 Å². The zero-order valence-corrected chi connectivity index (χ0v) is 9.49. The van der Waals surface area contributed by atoms with Crippen LogP contribution in [0.1, 0.15) is 25.3 Å². The first-order valence-electron chi connectivity index (χ1n) is 5.68. The van der Waals surface area contributed by atoms with Gasteiger partial charge in [-0.1, -0.05) is 32.0 Å². The van der Waals surface area contributed by atoms with Gasteiger partial charge in [0.2, 0.25) is 0 Å². The van der Waals surface area contributed by atoms with Crippen LogP contribution in [0, 0.1) is 5.92 Å². The molecule has 1 aliphatic heterocycles. The Balaban J connectivity index is 1.99. The summed E-state index contributed by atoms with van der Waals surface area (Å²) in [6.45, 7) is 7.32. The van der Waals surface area contributed by atoms with E-state index >= 15 is 0 Å². The van der Waals surface area contributed by atoms with E-state index in [1.165, 1.54) is 11.3 Å². The third-order valence-corrected chi connectivity index (χ3v) is 2.87. The molecule has 0 unspecified atom stereocenters. The minimum atomic E-state index is 0.575. The molecule has 0 aromatic heterocycles. The van der Waals surface area contributed by atoms with Crippen LogP contribution in [0.25, 0.3) is 0 Å². The summed E-state index contributed by atoms with van der Waals surface area (Å²) in [5.74, 6) is 1.27. The van der Waals surface area contributed by atoms with Crippen LogP contribution in [-0.2, 0) is 4.74 Å². The number of para-hydroxylation sites is 1. The van der Waals surface area contributed by atoms with Crippen molar-refractivity contribution in [1.82, 2.24) is 0 Å². The van der Waals surface area contributed by atoms with Gasteiger partial charge in [-0.2, -0.15) is 0 Å². The van der Waals surface area contributed by atoms with Crippen molar-refractivity contribution in [1.29, 1.82) is 0 Å². The average molecular weight is 205 g/mol. The SMILES string of the molecule is CC(C)c1ccccc1NCC1COC1. The Morgan fingerprint density at radius 1 is 1.33 bits per heavy atom. The first-order chi connectivity index (χ1) is 7.27. The Hall–Kier alpha value is -1.02. The van der Waals surface area contributed by atoms with Gasteiger partial charge >= 0.3 is 0 Å². The van der Waals surface area contributed by atoms with Gasteiger partial charge < -0.3 is 10.1 Å². The van der Waals surface area contributed by atoms with Crippen molar-refractivity contribution in [3.8, 4) is 0 Å². The molecule has 1 aromatic carbocycles. The quantitative estimate of drug-likeness (QED) is 0.816. The van der Waals surface area contributed by atoms with E-state index in [2.05, 4.69) is 43.4 Å². The molecule has 0 bridgehead atoms. The predicted octanol–water partition coefficient (Wildman–Crippen LogP) is 2.87. The summed E-state index contributed by atoms with van der Waals surface area (Å²) >= 11 is 0. The molecule has 2 nitrogen and oxygen atoms in total. The standard InChI is InChI=1S/C13H19NO/c1-10(2)12-5-3-4-6-13(12)14-7-11-8-15-9-11/h3-6,10-11,14H,7-9H2,1-2H3. The normalized spacial score (nSPS) is 16.5. The van der Waals surface area contributed by atoms with Crippen LogP contribution in [0.3, 0.4) is 0 Å². The lowest BCUT2D eigenvalue weighted by molar-refractivity contribution is -0.0248. The molecular weight excluding hydrogens is 186 g/mol. The molecule has 1 N–H and O–H groups in total. The summed E-state index contributed by atoms with van der Waals surface area (Å²) in [5.41, 5.74) is 2.68. The summed E-state index contributed by atoms with van der Waals surface area (Å²) in [7, 11) is 0. The maximum absolute atomic E-state index is 5.16. The van der Waals surface area contributed by atoms with Crippen LogP contribution in [0.15, 0.2) is 24.3 Å². The van der Waals surface area contributed by atoms with Gasteiger partial charge in [0.1, 0.15) is 0 Å². The van der Waals surface area contributed by atoms with Crippen molar-refractivity contribution in [2.24, 2.45) is 5.92 Å². The second-order valence-electron chi connectivity index (χ2n) is 4.53. The molecule has 0 aliphatic carbocycles. The Morgan fingerprint density at radius 3 is 2.67 bits per heavy atom. The molecule has 2 heteroatoms. The van der Waals surface area contributed by atoms with Gasteiger partial charge in [0, 0.05) is 18.2 Å². The lowest BCUT2D eigenvalue weighted by Gasteiger charge is -2.27. The lowest BCUT2D eigenvalue weighted by Crippen LogP contribution is -2.33. The highest BCUT2D eigenvalue weighted by Crippen LogP contribution is 2.24. The van der Waals surface area contributed by atoms with Gasteiger partial charge in [0.25, 0.3) is 0 Å². The third-order valence-electron chi connectivity index (χ3n) is 2.87. The highest BCUT2D eigenvalue weighted by molar-refractivity contribution is 5.52. The van der Waals surface area contributed by atoms with E-state index in [1.807, 2.05) is 0 Å². The van der Waals surface area contributed by atoms with Crippen LogP contribution in [0.2, 0.25) is 0 Å². The molecule has 2 rings (SSSR count). The topological polar surface area (TPSA) is 21.3 Å². The van der Waals surface area contributed by atoms with Gasteiger partial charge in [-0.15, -0.1) is 0 Å². The molecule has 0 radical (unpaired) electrons. The second-order valence-corrected chi connectivity index (χ2v) is 4.53. The number of anilines is 1. The Kier molecular flexibility index (Phi) is 3.27. The highest BCUT2D eigenvalue weighted by atomic mass is 16.5. The maximum atomic E-state index is 5.16. The minimum Gasteiger partial charge on any atom is -0.384 e. The molecule has 1 fully saturated rings. The van der Waals surface area contributed by atoms with E-state index in [1.54, 1.807) is 0 Å². The number of hydrogen-bond donors (Lipinski definition) is 1. The largest absolute Gasteiger partial charge is 0.384 e. The number of hydrogen-bond acceptors (Lipinski definition) is 2. The minimum absolute atomic E-state index is 0.575. The molecule has 1 saturated heterocycles. The molecule has 0 saturated carbocycles. The molecule has 0 amide bonds. The summed E-state index contributed by atoms with van der Waals surface area (Å²) in [6.07, 6.45) is 0. The van der Waals surface area contributed by atoms with E-state index < -0.39 is 0 Å². The summed E-state index contributed by atoms with van der Waals surface area (Å²) in [4.78, 5) is 0. The van der Waals surface area contributed by atoms with Gasteiger partial charge in [0.05, 0.1) is 13.2 Å². The zero-order chi connectivity index (χ0) is 10.7. The van der Waals surface area contributed by atoms with Crippen molar-refractivity contribution in [2.75, 3.05) is 25.1 Å². The molecule has 15 heavy (non-hydrogen) atoms. The van der Waals surface area contributed by atoms with Gasteiger partial charge in [0.15, 0.2) is 0 Å². The molecule has 1 aliphatic rings. The van der Waals surface area contributed by atoms with Crippen molar-refractivity contribution in [2.45, 2.75) is 19.8 Å². The molecule has 1 aromatic rings. The van der Waals surface area contributed by atoms with Gasteiger partial charge in [-0.25, -0.2) is 0 Å². The van der Waals surface area contributed by atoms with Crippen molar-refractivity contribution >= 4 is 5.69 Å². The Bertz CT molecular complexity index is 318. The summed E-state index contributed by atoms with van der Waals surface area (Å²) in [6, 6.07) is 8.55. The fourth-order valence-electron chi connectivity index (χ4n) is 1.82. The highest BCUT2D eigenvalue weighted by Gasteiger charge is 2.18. The van der Waals surface area contributed by atoms with Crippen molar-refractivity contribution < 1.29 is 4.74 Å². The zero-order valence-electron chi connectivity index (χ0n) is 9.49. The number of nitrogens with one attached hydrogen (secondary N) is 1. The molecule has 82 valence electrons. The van der Waals surface area contributed by atoms with Crippen LogP contribution in [-0.4, -0.2) is 19.8 Å². The first-order valence-corrected chi connectivity index (χ1v) is 5.68. The lowest BCUT2D eigenvalue weighted by atomic mass is 10.0. The molecule has 0 atom stereocenters. The van der Waals surface area contributed by atoms with Crippen molar-refractivity contribution in [3.63, 3.8) is 0 Å². The first kappa shape index (κ1) is 10.5. The Morgan fingerprint density at radius 2 is 2.07 bits per heavy atom. The van der Waals surface area contributed by atoms with Crippen LogP contribution < -0.4 is 5.32 Å². The van der Waals surface area contributed by atoms with E-state index in [0.717, 1.165) is 19.8 Å². The van der Waals surface area contributed by atoms with Crippen LogP contribution >= 0.6 is 0 Å². The smallest absolute Gasteiger partial charge is 0.0533 e. The van der Waals surface area contributed by atoms with Crippen molar-refractivity contribution in [3.05, 3.63) is 29.8 Å². The van der Waals surface area contributed by atoms with Gasteiger partial charge in [-0.3, -0.25) is 0 Å². The summed E-state index contributed by atoms with van der Waals surface area (Å²) in [5, 5.41) is 3.52. The number of rotatable bonds is 4. The monoisotopic (exact) mass is 205 g/mol. The fraction of sp³-hybridized carbons (Fsp3) is 0.538. The van der Waals surface area contributed by atoms with Crippen LogP contribution in [0.5, 0.6) is 0 Å². The third kappa shape index (κ3) is 2.51. The van der Waals surface area contributed by atoms with E-state index in [-0.39, 0.29) is 0 Å². The molecule has 1 heterocycles. The number of ether oxygens (including phenoxy) is 1.